The lowest BCUT2D eigenvalue weighted by Gasteiger charge is -2.15. The van der Waals surface area contributed by atoms with Crippen LogP contribution in [0.5, 0.6) is 0 Å². The molecule has 2 aromatic carbocycles. The van der Waals surface area contributed by atoms with Crippen LogP contribution in [0.2, 0.25) is 0 Å². The first kappa shape index (κ1) is 12.8. The Morgan fingerprint density at radius 3 is 2.22 bits per heavy atom. The van der Waals surface area contributed by atoms with Crippen LogP contribution in [0.25, 0.3) is 11.1 Å². The molecule has 0 heterocycles. The first-order valence-corrected chi connectivity index (χ1v) is 6.59. The van der Waals surface area contributed by atoms with E-state index >= 15 is 0 Å². The fourth-order valence-corrected chi connectivity index (χ4v) is 2.40. The number of aryl methyl sites for hydroxylation is 1. The normalized spacial score (nSPS) is 12.4. The maximum atomic E-state index is 3.34. The van der Waals surface area contributed by atoms with Crippen molar-refractivity contribution in [1.29, 1.82) is 0 Å². The molecule has 0 spiro atoms. The van der Waals surface area contributed by atoms with Crippen molar-refractivity contribution < 1.29 is 0 Å². The van der Waals surface area contributed by atoms with Gasteiger partial charge in [-0.15, -0.1) is 0 Å². The van der Waals surface area contributed by atoms with E-state index in [1.165, 1.54) is 22.3 Å². The van der Waals surface area contributed by atoms with Gasteiger partial charge in [0, 0.05) is 6.04 Å². The SMILES string of the molecule is CCC(NC)c1ccc(-c2ccccc2C)cc1. The summed E-state index contributed by atoms with van der Waals surface area (Å²) in [7, 11) is 2.02. The van der Waals surface area contributed by atoms with E-state index in [9.17, 15) is 0 Å². The number of hydrogen-bond acceptors (Lipinski definition) is 1. The summed E-state index contributed by atoms with van der Waals surface area (Å²) in [5.41, 5.74) is 5.30. The van der Waals surface area contributed by atoms with Gasteiger partial charge in [0.05, 0.1) is 0 Å². The Morgan fingerprint density at radius 1 is 1.00 bits per heavy atom. The van der Waals surface area contributed by atoms with Crippen LogP contribution in [0, 0.1) is 6.92 Å². The quantitative estimate of drug-likeness (QED) is 0.837. The van der Waals surface area contributed by atoms with Crippen LogP contribution in [-0.4, -0.2) is 7.05 Å². The van der Waals surface area contributed by atoms with E-state index in [4.69, 9.17) is 0 Å². The second-order valence-corrected chi connectivity index (χ2v) is 4.69. The van der Waals surface area contributed by atoms with E-state index in [1.54, 1.807) is 0 Å². The van der Waals surface area contributed by atoms with Crippen molar-refractivity contribution in [1.82, 2.24) is 5.32 Å². The molecule has 94 valence electrons. The maximum Gasteiger partial charge on any atom is 0.0314 e. The molecule has 0 aromatic heterocycles. The van der Waals surface area contributed by atoms with Gasteiger partial charge in [-0.25, -0.2) is 0 Å². The molecule has 1 unspecified atom stereocenters. The van der Waals surface area contributed by atoms with E-state index in [0.29, 0.717) is 6.04 Å². The molecule has 0 aliphatic rings. The van der Waals surface area contributed by atoms with Crippen molar-refractivity contribution in [3.63, 3.8) is 0 Å². The molecule has 1 N–H and O–H groups in total. The Labute approximate surface area is 110 Å². The molecule has 0 saturated heterocycles. The largest absolute Gasteiger partial charge is 0.313 e. The monoisotopic (exact) mass is 239 g/mol. The van der Waals surface area contributed by atoms with E-state index in [2.05, 4.69) is 67.7 Å². The molecule has 0 aliphatic heterocycles. The van der Waals surface area contributed by atoms with Crippen molar-refractivity contribution in [2.24, 2.45) is 0 Å². The lowest BCUT2D eigenvalue weighted by Crippen LogP contribution is -2.14. The Bertz CT molecular complexity index is 495. The smallest absolute Gasteiger partial charge is 0.0314 e. The van der Waals surface area contributed by atoms with Gasteiger partial charge < -0.3 is 5.32 Å². The minimum Gasteiger partial charge on any atom is -0.313 e. The van der Waals surface area contributed by atoms with Crippen molar-refractivity contribution in [2.45, 2.75) is 26.3 Å². The Morgan fingerprint density at radius 2 is 1.67 bits per heavy atom. The molecule has 0 saturated carbocycles. The van der Waals surface area contributed by atoms with Crippen LogP contribution >= 0.6 is 0 Å². The van der Waals surface area contributed by atoms with Gasteiger partial charge in [0.15, 0.2) is 0 Å². The predicted octanol–water partition coefficient (Wildman–Crippen LogP) is 4.33. The molecule has 0 aliphatic carbocycles. The fraction of sp³-hybridized carbons (Fsp3) is 0.294. The zero-order chi connectivity index (χ0) is 13.0. The Kier molecular flexibility index (Phi) is 4.16. The van der Waals surface area contributed by atoms with Gasteiger partial charge in [0.1, 0.15) is 0 Å². The van der Waals surface area contributed by atoms with Crippen LogP contribution in [0.4, 0.5) is 0 Å². The Hall–Kier alpha value is -1.60. The topological polar surface area (TPSA) is 12.0 Å². The zero-order valence-electron chi connectivity index (χ0n) is 11.4. The van der Waals surface area contributed by atoms with Gasteiger partial charge in [0.25, 0.3) is 0 Å². The molecule has 1 nitrogen and oxygen atoms in total. The molecule has 0 amide bonds. The van der Waals surface area contributed by atoms with Crippen molar-refractivity contribution in [3.8, 4) is 11.1 Å². The molecule has 2 aromatic rings. The lowest BCUT2D eigenvalue weighted by molar-refractivity contribution is 0.577. The highest BCUT2D eigenvalue weighted by molar-refractivity contribution is 5.67. The predicted molar refractivity (Wildman–Crippen MR) is 78.7 cm³/mol. The first-order valence-electron chi connectivity index (χ1n) is 6.59. The van der Waals surface area contributed by atoms with Crippen LogP contribution in [0.15, 0.2) is 48.5 Å². The van der Waals surface area contributed by atoms with Gasteiger partial charge in [-0.3, -0.25) is 0 Å². The summed E-state index contributed by atoms with van der Waals surface area (Å²) < 4.78 is 0. The van der Waals surface area contributed by atoms with Gasteiger partial charge in [-0.2, -0.15) is 0 Å². The Balaban J connectivity index is 2.30. The molecule has 1 atom stereocenters. The van der Waals surface area contributed by atoms with Gasteiger partial charge in [0.2, 0.25) is 0 Å². The molecule has 18 heavy (non-hydrogen) atoms. The fourth-order valence-electron chi connectivity index (χ4n) is 2.40. The standard InChI is InChI=1S/C17H21N/c1-4-17(18-3)15-11-9-14(10-12-15)16-8-6-5-7-13(16)2/h5-12,17-18H,4H2,1-3H3. The average molecular weight is 239 g/mol. The third-order valence-corrected chi connectivity index (χ3v) is 3.53. The summed E-state index contributed by atoms with van der Waals surface area (Å²) in [6, 6.07) is 17.9. The van der Waals surface area contributed by atoms with Crippen LogP contribution in [-0.2, 0) is 0 Å². The highest BCUT2D eigenvalue weighted by Gasteiger charge is 2.06. The number of nitrogens with one attached hydrogen (secondary N) is 1. The maximum absolute atomic E-state index is 3.34. The summed E-state index contributed by atoms with van der Waals surface area (Å²) in [5.74, 6) is 0. The third-order valence-electron chi connectivity index (χ3n) is 3.53. The number of rotatable bonds is 4. The van der Waals surface area contributed by atoms with E-state index < -0.39 is 0 Å². The number of benzene rings is 2. The molecule has 0 fully saturated rings. The molecule has 0 radical (unpaired) electrons. The van der Waals surface area contributed by atoms with Crippen molar-refractivity contribution >= 4 is 0 Å². The highest BCUT2D eigenvalue weighted by atomic mass is 14.9. The van der Waals surface area contributed by atoms with Crippen molar-refractivity contribution in [2.75, 3.05) is 7.05 Å². The van der Waals surface area contributed by atoms with Crippen LogP contribution < -0.4 is 5.32 Å². The lowest BCUT2D eigenvalue weighted by atomic mass is 9.97. The summed E-state index contributed by atoms with van der Waals surface area (Å²) >= 11 is 0. The van der Waals surface area contributed by atoms with E-state index in [-0.39, 0.29) is 0 Å². The molecule has 1 heteroatoms. The van der Waals surface area contributed by atoms with E-state index in [1.807, 2.05) is 7.05 Å². The third kappa shape index (κ3) is 2.62. The second kappa shape index (κ2) is 5.83. The van der Waals surface area contributed by atoms with Crippen molar-refractivity contribution in [3.05, 3.63) is 59.7 Å². The zero-order valence-corrected chi connectivity index (χ0v) is 11.4. The van der Waals surface area contributed by atoms with Crippen LogP contribution in [0.1, 0.15) is 30.5 Å². The summed E-state index contributed by atoms with van der Waals surface area (Å²) in [6.45, 7) is 4.36. The minimum absolute atomic E-state index is 0.455. The summed E-state index contributed by atoms with van der Waals surface area (Å²) in [4.78, 5) is 0. The van der Waals surface area contributed by atoms with Gasteiger partial charge >= 0.3 is 0 Å². The van der Waals surface area contributed by atoms with E-state index in [0.717, 1.165) is 6.42 Å². The summed E-state index contributed by atoms with van der Waals surface area (Å²) in [5, 5.41) is 3.34. The minimum atomic E-state index is 0.455. The van der Waals surface area contributed by atoms with Gasteiger partial charge in [-0.1, -0.05) is 55.5 Å². The van der Waals surface area contributed by atoms with Crippen LogP contribution in [0.3, 0.4) is 0 Å². The molecule has 0 bridgehead atoms. The molecular formula is C17H21N. The highest BCUT2D eigenvalue weighted by Crippen LogP contribution is 2.25. The first-order chi connectivity index (χ1) is 8.76. The number of hydrogen-bond donors (Lipinski definition) is 1. The summed E-state index contributed by atoms with van der Waals surface area (Å²) in [6.07, 6.45) is 1.11. The van der Waals surface area contributed by atoms with Gasteiger partial charge in [-0.05, 0) is 42.6 Å². The molecular weight excluding hydrogens is 218 g/mol. The second-order valence-electron chi connectivity index (χ2n) is 4.69. The average Bonchev–Trinajstić information content (AvgIpc) is 2.42. The molecule has 2 rings (SSSR count).